The largest absolute Gasteiger partial charge is 0.344 e. The molecule has 204 valence electrons. The molecule has 2 heteroatoms. The molecule has 0 aromatic rings. The van der Waals surface area contributed by atoms with Crippen LogP contribution in [0.1, 0.15) is 182 Å². The summed E-state index contributed by atoms with van der Waals surface area (Å²) in [6.45, 7) is 11.5. The summed E-state index contributed by atoms with van der Waals surface area (Å²) in [7, 11) is 0.366. The third kappa shape index (κ3) is 37.1. The highest BCUT2D eigenvalue weighted by Crippen LogP contribution is 2.39. The van der Waals surface area contributed by atoms with Gasteiger partial charge in [0.05, 0.1) is 0 Å². The van der Waals surface area contributed by atoms with Crippen molar-refractivity contribution in [2.45, 2.75) is 182 Å². The zero-order valence-electron chi connectivity index (χ0n) is 24.5. The fourth-order valence-corrected chi connectivity index (χ4v) is 7.04. The summed E-state index contributed by atoms with van der Waals surface area (Å²) in [6, 6.07) is 0. The zero-order valence-corrected chi connectivity index (χ0v) is 25.4. The van der Waals surface area contributed by atoms with Crippen molar-refractivity contribution in [3.63, 3.8) is 0 Å². The quantitative estimate of drug-likeness (QED) is 0.101. The molecule has 0 saturated heterocycles. The highest BCUT2D eigenvalue weighted by molar-refractivity contribution is 7.57. The standard InChI is InChI=1S/C24H51P.C7H16.H3N/c1-4-7-10-13-16-19-22-25(23-20-17-14-11-8-5-2)24-21-18-15-12-9-6-3;1-3-5-7-6-4-2;/h4-24H2,1-3H3;3-7H2,1-2H3;1H3. The van der Waals surface area contributed by atoms with Gasteiger partial charge in [0.15, 0.2) is 0 Å². The molecule has 0 fully saturated rings. The van der Waals surface area contributed by atoms with Crippen LogP contribution in [0.25, 0.3) is 0 Å². The summed E-state index contributed by atoms with van der Waals surface area (Å²) in [4.78, 5) is 0. The predicted molar refractivity (Wildman–Crippen MR) is 161 cm³/mol. The maximum atomic E-state index is 2.32. The normalized spacial score (nSPS) is 10.7. The lowest BCUT2D eigenvalue weighted by Crippen LogP contribution is -1.97. The van der Waals surface area contributed by atoms with Gasteiger partial charge in [0.2, 0.25) is 0 Å². The molecule has 0 amide bonds. The molecule has 0 saturated carbocycles. The average molecular weight is 488 g/mol. The van der Waals surface area contributed by atoms with Crippen molar-refractivity contribution in [1.29, 1.82) is 0 Å². The molecule has 0 bridgehead atoms. The van der Waals surface area contributed by atoms with Crippen LogP contribution in [-0.4, -0.2) is 18.5 Å². The Morgan fingerprint density at radius 3 is 0.697 bits per heavy atom. The van der Waals surface area contributed by atoms with E-state index >= 15 is 0 Å². The molecule has 0 unspecified atom stereocenters. The highest BCUT2D eigenvalue weighted by atomic mass is 31.1. The molecule has 1 nitrogen and oxygen atoms in total. The average Bonchev–Trinajstić information content (AvgIpc) is 2.81. The monoisotopic (exact) mass is 488 g/mol. The molecule has 0 heterocycles. The first kappa shape index (κ1) is 37.9. The van der Waals surface area contributed by atoms with Crippen LogP contribution in [0.2, 0.25) is 0 Å². The van der Waals surface area contributed by atoms with E-state index in [9.17, 15) is 0 Å². The van der Waals surface area contributed by atoms with Crippen LogP contribution in [0.4, 0.5) is 0 Å². The second kappa shape index (κ2) is 36.9. The number of unbranched alkanes of at least 4 members (excludes halogenated alkanes) is 19. The van der Waals surface area contributed by atoms with E-state index in [1.54, 1.807) is 18.5 Å². The topological polar surface area (TPSA) is 35.0 Å². The lowest BCUT2D eigenvalue weighted by Gasteiger charge is -2.18. The van der Waals surface area contributed by atoms with Gasteiger partial charge in [-0.1, -0.05) is 163 Å². The summed E-state index contributed by atoms with van der Waals surface area (Å²) in [5.74, 6) is 0. The molecule has 33 heavy (non-hydrogen) atoms. The van der Waals surface area contributed by atoms with Gasteiger partial charge in [0.25, 0.3) is 0 Å². The van der Waals surface area contributed by atoms with Gasteiger partial charge in [-0.15, -0.1) is 7.92 Å². The van der Waals surface area contributed by atoms with Crippen molar-refractivity contribution in [3.8, 4) is 0 Å². The van der Waals surface area contributed by atoms with Crippen LogP contribution in [0, 0.1) is 0 Å². The summed E-state index contributed by atoms with van der Waals surface area (Å²) >= 11 is 0. The van der Waals surface area contributed by atoms with Crippen LogP contribution in [0.5, 0.6) is 0 Å². The Hall–Kier alpha value is 0.390. The van der Waals surface area contributed by atoms with E-state index in [1.165, 1.54) is 148 Å². The summed E-state index contributed by atoms with van der Waals surface area (Å²) in [5, 5.41) is 0. The molecule has 0 spiro atoms. The van der Waals surface area contributed by atoms with Gasteiger partial charge in [-0.05, 0) is 37.7 Å². The molecule has 0 aromatic heterocycles. The zero-order chi connectivity index (χ0) is 24.0. The molecule has 0 atom stereocenters. The van der Waals surface area contributed by atoms with E-state index in [1.807, 2.05) is 0 Å². The summed E-state index contributed by atoms with van der Waals surface area (Å²) in [5.41, 5.74) is 0. The predicted octanol–water partition coefficient (Wildman–Crippen LogP) is 12.7. The van der Waals surface area contributed by atoms with Crippen molar-refractivity contribution in [3.05, 3.63) is 0 Å². The second-order valence-electron chi connectivity index (χ2n) is 10.2. The number of rotatable bonds is 25. The first-order valence-electron chi connectivity index (χ1n) is 15.5. The molecular formula is C31H70NP. The maximum Gasteiger partial charge on any atom is -0.0326 e. The van der Waals surface area contributed by atoms with E-state index in [0.717, 1.165) is 0 Å². The third-order valence-corrected chi connectivity index (χ3v) is 9.54. The Morgan fingerprint density at radius 1 is 0.273 bits per heavy atom. The minimum Gasteiger partial charge on any atom is -0.344 e. The molecule has 0 radical (unpaired) electrons. The van der Waals surface area contributed by atoms with E-state index in [-0.39, 0.29) is 6.15 Å². The minimum atomic E-state index is 0. The molecule has 0 aromatic carbocycles. The fraction of sp³-hybridized carbons (Fsp3) is 1.00. The lowest BCUT2D eigenvalue weighted by atomic mass is 10.1. The first-order valence-corrected chi connectivity index (χ1v) is 17.4. The van der Waals surface area contributed by atoms with Gasteiger partial charge in [-0.25, -0.2) is 0 Å². The first-order chi connectivity index (χ1) is 15.8. The molecule has 3 N–H and O–H groups in total. The Kier molecular flexibility index (Phi) is 42.5. The van der Waals surface area contributed by atoms with E-state index in [0.29, 0.717) is 7.92 Å². The third-order valence-electron chi connectivity index (χ3n) is 6.69. The Morgan fingerprint density at radius 2 is 0.455 bits per heavy atom. The van der Waals surface area contributed by atoms with Crippen molar-refractivity contribution in [2.24, 2.45) is 0 Å². The maximum absolute atomic E-state index is 2.32. The van der Waals surface area contributed by atoms with Gasteiger partial charge in [-0.3, -0.25) is 0 Å². The van der Waals surface area contributed by atoms with E-state index < -0.39 is 0 Å². The van der Waals surface area contributed by atoms with Gasteiger partial charge >= 0.3 is 0 Å². The smallest absolute Gasteiger partial charge is 0.0326 e. The van der Waals surface area contributed by atoms with Gasteiger partial charge in [0, 0.05) is 0 Å². The van der Waals surface area contributed by atoms with Crippen molar-refractivity contribution in [1.82, 2.24) is 6.15 Å². The number of hydrogen-bond acceptors (Lipinski definition) is 1. The molecule has 0 aliphatic carbocycles. The van der Waals surface area contributed by atoms with Crippen molar-refractivity contribution in [2.75, 3.05) is 18.5 Å². The molecule has 0 aliphatic rings. The SMILES string of the molecule is CCCCCCC.CCCCCCCCP(CCCCCCCC)CCCCCCCC.N. The fourth-order valence-electron chi connectivity index (χ4n) is 4.36. The Balaban J connectivity index is -0.000000969. The van der Waals surface area contributed by atoms with Crippen LogP contribution in [-0.2, 0) is 0 Å². The van der Waals surface area contributed by atoms with Gasteiger partial charge in [0.1, 0.15) is 0 Å². The highest BCUT2D eigenvalue weighted by Gasteiger charge is 2.07. The minimum absolute atomic E-state index is 0. The van der Waals surface area contributed by atoms with Crippen molar-refractivity contribution < 1.29 is 0 Å². The van der Waals surface area contributed by atoms with E-state index in [4.69, 9.17) is 0 Å². The van der Waals surface area contributed by atoms with Crippen molar-refractivity contribution >= 4 is 7.92 Å². The van der Waals surface area contributed by atoms with Gasteiger partial charge < -0.3 is 6.15 Å². The Labute approximate surface area is 214 Å². The molecular weight excluding hydrogens is 417 g/mol. The molecule has 0 rings (SSSR count). The summed E-state index contributed by atoms with van der Waals surface area (Å²) < 4.78 is 0. The number of hydrogen-bond donors (Lipinski definition) is 1. The summed E-state index contributed by atoms with van der Waals surface area (Å²) in [6.07, 6.45) is 38.3. The van der Waals surface area contributed by atoms with Crippen LogP contribution in [0.3, 0.4) is 0 Å². The molecule has 0 aliphatic heterocycles. The second-order valence-corrected chi connectivity index (χ2v) is 12.9. The lowest BCUT2D eigenvalue weighted by molar-refractivity contribution is 0.617. The van der Waals surface area contributed by atoms with Gasteiger partial charge in [-0.2, -0.15) is 0 Å². The van der Waals surface area contributed by atoms with Crippen LogP contribution in [0.15, 0.2) is 0 Å². The van der Waals surface area contributed by atoms with E-state index in [2.05, 4.69) is 34.6 Å². The van der Waals surface area contributed by atoms with Crippen LogP contribution < -0.4 is 6.15 Å². The van der Waals surface area contributed by atoms with Crippen LogP contribution >= 0.6 is 7.92 Å². The Bertz CT molecular complexity index is 253.